The van der Waals surface area contributed by atoms with E-state index in [2.05, 4.69) is 4.99 Å². The zero-order valence-electron chi connectivity index (χ0n) is 15.3. The van der Waals surface area contributed by atoms with E-state index in [0.29, 0.717) is 25.5 Å². The van der Waals surface area contributed by atoms with E-state index >= 15 is 0 Å². The van der Waals surface area contributed by atoms with Crippen LogP contribution in [0.4, 0.5) is 4.79 Å². The highest BCUT2D eigenvalue weighted by atomic mass is 16.6. The van der Waals surface area contributed by atoms with E-state index in [1.807, 2.05) is 63.2 Å². The fourth-order valence-corrected chi connectivity index (χ4v) is 3.46. The molecule has 134 valence electrons. The monoisotopic (exact) mass is 342 g/mol. The number of aliphatic imine (C=N–C) groups is 1. The molecule has 2 heterocycles. The summed E-state index contributed by atoms with van der Waals surface area (Å²) < 4.78 is 5.91. The number of ether oxygens (including phenoxy) is 1. The van der Waals surface area contributed by atoms with Gasteiger partial charge < -0.3 is 15.4 Å². The Kier molecular flexibility index (Phi) is 4.56. The number of nitrogens with two attached hydrogens (primary N) is 1. The maximum absolute atomic E-state index is 12.9. The van der Waals surface area contributed by atoms with Crippen LogP contribution in [-0.4, -0.2) is 61.0 Å². The lowest BCUT2D eigenvalue weighted by molar-refractivity contribution is 0.0383. The fourth-order valence-electron chi connectivity index (χ4n) is 3.46. The number of nitrogens with zero attached hydrogens (tertiary/aromatic N) is 3. The maximum atomic E-state index is 12.9. The van der Waals surface area contributed by atoms with Gasteiger partial charge in [0.05, 0.1) is 18.6 Å². The highest BCUT2D eigenvalue weighted by Gasteiger charge is 2.46. The molecule has 0 bridgehead atoms. The molecule has 2 aliphatic heterocycles. The van der Waals surface area contributed by atoms with Crippen LogP contribution in [0.3, 0.4) is 0 Å². The summed E-state index contributed by atoms with van der Waals surface area (Å²) in [5.74, 6) is 0.547. The molecule has 1 aromatic carbocycles. The number of amidine groups is 1. The Morgan fingerprint density at radius 3 is 2.64 bits per heavy atom. The lowest BCUT2D eigenvalue weighted by Gasteiger charge is -2.35. The van der Waals surface area contributed by atoms with Gasteiger partial charge in [-0.25, -0.2) is 4.79 Å². The minimum atomic E-state index is -0.434. The van der Waals surface area contributed by atoms with Gasteiger partial charge in [-0.2, -0.15) is 0 Å². The Morgan fingerprint density at radius 1 is 1.36 bits per heavy atom. The molecular weight excluding hydrogens is 316 g/mol. The second-order valence-corrected chi connectivity index (χ2v) is 7.35. The Balaban J connectivity index is 1.77. The van der Waals surface area contributed by atoms with Crippen molar-refractivity contribution in [3.8, 4) is 0 Å². The number of amides is 1. The third-order valence-electron chi connectivity index (χ3n) is 4.98. The fraction of sp³-hybridized carbons (Fsp3) is 0.474. The molecule has 0 fully saturated rings. The smallest absolute Gasteiger partial charge is 0.411 e. The molecule has 0 spiro atoms. The summed E-state index contributed by atoms with van der Waals surface area (Å²) in [6.07, 6.45) is -0.635. The summed E-state index contributed by atoms with van der Waals surface area (Å²) in [4.78, 5) is 21.0. The second kappa shape index (κ2) is 6.52. The summed E-state index contributed by atoms with van der Waals surface area (Å²) in [6, 6.07) is 9.84. The molecule has 0 aromatic heterocycles. The first-order valence-electron chi connectivity index (χ1n) is 8.51. The first-order valence-corrected chi connectivity index (χ1v) is 8.51. The molecule has 6 heteroatoms. The first kappa shape index (κ1) is 17.5. The number of benzene rings is 1. The Hall–Kier alpha value is -2.34. The average molecular weight is 342 g/mol. The number of likely N-dealkylation sites (N-methyl/N-ethyl adjacent to an activating group) is 1. The molecular formula is C19H26N4O2. The van der Waals surface area contributed by atoms with Gasteiger partial charge in [-0.3, -0.25) is 9.89 Å². The van der Waals surface area contributed by atoms with Gasteiger partial charge in [0.2, 0.25) is 0 Å². The summed E-state index contributed by atoms with van der Waals surface area (Å²) in [7, 11) is 3.94. The third-order valence-corrected chi connectivity index (χ3v) is 4.98. The van der Waals surface area contributed by atoms with Crippen molar-refractivity contribution in [2.45, 2.75) is 25.5 Å². The topological polar surface area (TPSA) is 71.2 Å². The van der Waals surface area contributed by atoms with Crippen molar-refractivity contribution in [1.29, 1.82) is 0 Å². The summed E-state index contributed by atoms with van der Waals surface area (Å²) in [5.41, 5.74) is 8.62. The lowest BCUT2D eigenvalue weighted by atomic mass is 9.94. The van der Waals surface area contributed by atoms with Crippen molar-refractivity contribution in [2.75, 3.05) is 33.7 Å². The molecule has 6 nitrogen and oxygen atoms in total. The van der Waals surface area contributed by atoms with Crippen molar-refractivity contribution in [2.24, 2.45) is 10.7 Å². The Labute approximate surface area is 149 Å². The van der Waals surface area contributed by atoms with Gasteiger partial charge in [-0.15, -0.1) is 0 Å². The SMILES string of the molecule is CN(C)C[C@@H](OC(=O)N1CC2=C(CN=C2N)C1(C)C)c1ccccc1. The molecule has 1 aromatic rings. The van der Waals surface area contributed by atoms with Gasteiger partial charge in [-0.05, 0) is 39.1 Å². The molecule has 2 N–H and O–H groups in total. The van der Waals surface area contributed by atoms with Gasteiger partial charge in [0.15, 0.2) is 0 Å². The van der Waals surface area contributed by atoms with Crippen molar-refractivity contribution in [3.63, 3.8) is 0 Å². The molecule has 0 aliphatic carbocycles. The van der Waals surface area contributed by atoms with Crippen LogP contribution in [-0.2, 0) is 4.74 Å². The van der Waals surface area contributed by atoms with Crippen molar-refractivity contribution in [1.82, 2.24) is 9.80 Å². The number of hydrogen-bond donors (Lipinski definition) is 1. The molecule has 0 saturated carbocycles. The minimum absolute atomic E-state index is 0.317. The van der Waals surface area contributed by atoms with Gasteiger partial charge in [0.1, 0.15) is 11.9 Å². The van der Waals surface area contributed by atoms with E-state index in [-0.39, 0.29) is 12.2 Å². The summed E-state index contributed by atoms with van der Waals surface area (Å²) in [5, 5.41) is 0. The number of rotatable bonds is 4. The minimum Gasteiger partial charge on any atom is -0.440 e. The molecule has 25 heavy (non-hydrogen) atoms. The van der Waals surface area contributed by atoms with Crippen LogP contribution in [0.15, 0.2) is 46.5 Å². The van der Waals surface area contributed by atoms with E-state index in [0.717, 1.165) is 16.7 Å². The van der Waals surface area contributed by atoms with Crippen LogP contribution in [0.5, 0.6) is 0 Å². The predicted octanol–water partition coefficient (Wildman–Crippen LogP) is 2.19. The summed E-state index contributed by atoms with van der Waals surface area (Å²) >= 11 is 0. The lowest BCUT2D eigenvalue weighted by Crippen LogP contribution is -2.47. The van der Waals surface area contributed by atoms with Crippen LogP contribution >= 0.6 is 0 Å². The third kappa shape index (κ3) is 3.26. The predicted molar refractivity (Wildman–Crippen MR) is 98.5 cm³/mol. The molecule has 1 atom stereocenters. The van der Waals surface area contributed by atoms with Gasteiger partial charge in [0.25, 0.3) is 0 Å². The quantitative estimate of drug-likeness (QED) is 0.910. The Morgan fingerprint density at radius 2 is 2.04 bits per heavy atom. The number of carbonyl (C=O) groups is 1. The van der Waals surface area contributed by atoms with Crippen LogP contribution < -0.4 is 5.73 Å². The molecule has 0 saturated heterocycles. The van der Waals surface area contributed by atoms with Crippen LogP contribution in [0, 0.1) is 0 Å². The molecule has 3 rings (SSSR count). The van der Waals surface area contributed by atoms with Gasteiger partial charge >= 0.3 is 6.09 Å². The van der Waals surface area contributed by atoms with E-state index < -0.39 is 5.54 Å². The molecule has 0 radical (unpaired) electrons. The standard InChI is InChI=1S/C19H26N4O2/c1-19(2)15-10-21-17(20)14(15)11-23(19)18(24)25-16(12-22(3)4)13-8-6-5-7-9-13/h5-9,16H,10-12H2,1-4H3,(H2,20,21)/t16-/m1/s1. The van der Waals surface area contributed by atoms with Crippen LogP contribution in [0.2, 0.25) is 0 Å². The van der Waals surface area contributed by atoms with Crippen LogP contribution in [0.1, 0.15) is 25.5 Å². The highest BCUT2D eigenvalue weighted by molar-refractivity contribution is 6.02. The van der Waals surface area contributed by atoms with E-state index in [1.165, 1.54) is 0 Å². The zero-order chi connectivity index (χ0) is 18.2. The van der Waals surface area contributed by atoms with E-state index in [1.54, 1.807) is 4.90 Å². The van der Waals surface area contributed by atoms with E-state index in [4.69, 9.17) is 10.5 Å². The zero-order valence-corrected chi connectivity index (χ0v) is 15.3. The molecule has 2 aliphatic rings. The normalized spacial score (nSPS) is 19.9. The van der Waals surface area contributed by atoms with E-state index in [9.17, 15) is 4.79 Å². The summed E-state index contributed by atoms with van der Waals surface area (Å²) in [6.45, 7) is 5.70. The van der Waals surface area contributed by atoms with Crippen molar-refractivity contribution >= 4 is 11.9 Å². The van der Waals surface area contributed by atoms with Crippen molar-refractivity contribution in [3.05, 3.63) is 47.0 Å². The molecule has 0 unspecified atom stereocenters. The largest absolute Gasteiger partial charge is 0.440 e. The average Bonchev–Trinajstić information content (AvgIpc) is 3.05. The second-order valence-electron chi connectivity index (χ2n) is 7.35. The number of carbonyl (C=O) groups excluding carboxylic acids is 1. The first-order chi connectivity index (χ1) is 11.8. The van der Waals surface area contributed by atoms with Gasteiger partial charge in [0, 0.05) is 12.1 Å². The maximum Gasteiger partial charge on any atom is 0.411 e. The van der Waals surface area contributed by atoms with Crippen molar-refractivity contribution < 1.29 is 9.53 Å². The van der Waals surface area contributed by atoms with Crippen LogP contribution in [0.25, 0.3) is 0 Å². The molecule has 1 amide bonds. The Bertz CT molecular complexity index is 722. The van der Waals surface area contributed by atoms with Gasteiger partial charge in [-0.1, -0.05) is 30.3 Å². The highest BCUT2D eigenvalue weighted by Crippen LogP contribution is 2.38. The number of hydrogen-bond acceptors (Lipinski definition) is 5.